The highest BCUT2D eigenvalue weighted by Crippen LogP contribution is 2.25. The molecule has 1 aromatic heterocycles. The highest BCUT2D eigenvalue weighted by Gasteiger charge is 2.20. The maximum atomic E-state index is 12.0. The first-order valence-corrected chi connectivity index (χ1v) is 7.41. The molecule has 1 N–H and O–H groups in total. The van der Waals surface area contributed by atoms with Gasteiger partial charge in [0, 0.05) is 11.0 Å². The number of nitrogens with zero attached hydrogens (tertiary/aromatic N) is 2. The second kappa shape index (κ2) is 5.92. The summed E-state index contributed by atoms with van der Waals surface area (Å²) in [6.45, 7) is 4.36. The number of fused-ring (bicyclic) bond motifs is 1. The van der Waals surface area contributed by atoms with Gasteiger partial charge in [-0.15, -0.1) is 11.6 Å². The van der Waals surface area contributed by atoms with E-state index >= 15 is 0 Å². The number of rotatable bonds is 4. The Bertz CT molecular complexity index is 611. The average Bonchev–Trinajstić information content (AvgIpc) is 2.75. The van der Waals surface area contributed by atoms with E-state index in [1.165, 1.54) is 0 Å². The lowest BCUT2D eigenvalue weighted by Crippen LogP contribution is -2.31. The van der Waals surface area contributed by atoms with Crippen molar-refractivity contribution in [3.05, 3.63) is 28.5 Å². The summed E-state index contributed by atoms with van der Waals surface area (Å²) < 4.78 is 2.84. The molecular formula is C13H15BrClN3O. The summed E-state index contributed by atoms with van der Waals surface area (Å²) in [7, 11) is 0. The second-order valence-corrected chi connectivity index (χ2v) is 5.42. The number of aromatic nitrogens is 2. The molecule has 0 aliphatic carbocycles. The minimum absolute atomic E-state index is 0.0314. The van der Waals surface area contributed by atoms with Gasteiger partial charge in [0.05, 0.1) is 16.9 Å². The Morgan fingerprint density at radius 3 is 2.95 bits per heavy atom. The van der Waals surface area contributed by atoms with Crippen LogP contribution in [-0.2, 0) is 10.7 Å². The zero-order chi connectivity index (χ0) is 14.0. The van der Waals surface area contributed by atoms with Gasteiger partial charge in [-0.1, -0.05) is 15.9 Å². The van der Waals surface area contributed by atoms with Crippen LogP contribution in [0.1, 0.15) is 25.7 Å². The lowest BCUT2D eigenvalue weighted by atomic mass is 10.2. The van der Waals surface area contributed by atoms with Crippen molar-refractivity contribution in [2.75, 3.05) is 6.54 Å². The molecule has 6 heteroatoms. The SMILES string of the molecule is CCNC(=O)C(C)n1c(CCl)nc2cc(Br)ccc21. The van der Waals surface area contributed by atoms with Crippen molar-refractivity contribution in [1.29, 1.82) is 0 Å². The van der Waals surface area contributed by atoms with Gasteiger partial charge in [0.2, 0.25) is 5.91 Å². The number of carbonyl (C=O) groups is 1. The topological polar surface area (TPSA) is 46.9 Å². The normalized spacial score (nSPS) is 12.6. The standard InChI is InChI=1S/C13H15BrClN3O/c1-3-16-13(19)8(2)18-11-5-4-9(14)6-10(11)17-12(18)7-15/h4-6,8H,3,7H2,1-2H3,(H,16,19). The number of nitrogens with one attached hydrogen (secondary N) is 1. The summed E-state index contributed by atoms with van der Waals surface area (Å²) in [6.07, 6.45) is 0. The number of alkyl halides is 1. The third-order valence-corrected chi connectivity index (χ3v) is 3.69. The van der Waals surface area contributed by atoms with E-state index < -0.39 is 0 Å². The van der Waals surface area contributed by atoms with Crippen molar-refractivity contribution in [3.63, 3.8) is 0 Å². The van der Waals surface area contributed by atoms with Gasteiger partial charge < -0.3 is 9.88 Å². The number of hydrogen-bond donors (Lipinski definition) is 1. The lowest BCUT2D eigenvalue weighted by Gasteiger charge is -2.16. The number of benzene rings is 1. The van der Waals surface area contributed by atoms with E-state index in [-0.39, 0.29) is 17.8 Å². The van der Waals surface area contributed by atoms with E-state index in [4.69, 9.17) is 11.6 Å². The predicted molar refractivity (Wildman–Crippen MR) is 80.4 cm³/mol. The van der Waals surface area contributed by atoms with Gasteiger partial charge in [-0.3, -0.25) is 4.79 Å². The van der Waals surface area contributed by atoms with Crippen LogP contribution in [0.15, 0.2) is 22.7 Å². The maximum Gasteiger partial charge on any atom is 0.242 e. The Kier molecular flexibility index (Phi) is 4.47. The first-order valence-electron chi connectivity index (χ1n) is 6.08. The van der Waals surface area contributed by atoms with Crippen molar-refractivity contribution in [2.45, 2.75) is 25.8 Å². The molecule has 0 bridgehead atoms. The molecule has 1 unspecified atom stereocenters. The van der Waals surface area contributed by atoms with E-state index in [0.29, 0.717) is 12.4 Å². The minimum atomic E-state index is -0.333. The summed E-state index contributed by atoms with van der Waals surface area (Å²) in [5.74, 6) is 0.945. The fraction of sp³-hybridized carbons (Fsp3) is 0.385. The Labute approximate surface area is 125 Å². The lowest BCUT2D eigenvalue weighted by molar-refractivity contribution is -0.123. The summed E-state index contributed by atoms with van der Waals surface area (Å²) in [5.41, 5.74) is 1.75. The van der Waals surface area contributed by atoms with Crippen LogP contribution in [0, 0.1) is 0 Å². The fourth-order valence-electron chi connectivity index (χ4n) is 2.09. The molecule has 1 atom stereocenters. The maximum absolute atomic E-state index is 12.0. The number of likely N-dealkylation sites (N-methyl/N-ethyl adjacent to an activating group) is 1. The van der Waals surface area contributed by atoms with Crippen LogP contribution in [-0.4, -0.2) is 22.0 Å². The van der Waals surface area contributed by atoms with Crippen LogP contribution in [0.3, 0.4) is 0 Å². The van der Waals surface area contributed by atoms with E-state index in [1.807, 2.05) is 36.6 Å². The molecular weight excluding hydrogens is 330 g/mol. The zero-order valence-corrected chi connectivity index (χ0v) is 13.1. The summed E-state index contributed by atoms with van der Waals surface area (Å²) >= 11 is 9.36. The Balaban J connectivity index is 2.54. The van der Waals surface area contributed by atoms with Gasteiger partial charge in [0.1, 0.15) is 11.9 Å². The molecule has 0 saturated carbocycles. The summed E-state index contributed by atoms with van der Waals surface area (Å²) in [4.78, 5) is 16.5. The molecule has 2 rings (SSSR count). The smallest absolute Gasteiger partial charge is 0.242 e. The number of carbonyl (C=O) groups excluding carboxylic acids is 1. The highest BCUT2D eigenvalue weighted by molar-refractivity contribution is 9.10. The first kappa shape index (κ1) is 14.3. The molecule has 102 valence electrons. The zero-order valence-electron chi connectivity index (χ0n) is 10.8. The van der Waals surface area contributed by atoms with Gasteiger partial charge in [-0.05, 0) is 32.0 Å². The molecule has 0 aliphatic heterocycles. The molecule has 0 aliphatic rings. The average molecular weight is 345 g/mol. The van der Waals surface area contributed by atoms with Crippen LogP contribution in [0.5, 0.6) is 0 Å². The van der Waals surface area contributed by atoms with Crippen LogP contribution in [0.4, 0.5) is 0 Å². The quantitative estimate of drug-likeness (QED) is 0.866. The molecule has 0 radical (unpaired) electrons. The van der Waals surface area contributed by atoms with Crippen molar-refractivity contribution in [1.82, 2.24) is 14.9 Å². The first-order chi connectivity index (χ1) is 9.08. The summed E-state index contributed by atoms with van der Waals surface area (Å²) in [5, 5.41) is 2.82. The van der Waals surface area contributed by atoms with Crippen LogP contribution >= 0.6 is 27.5 Å². The predicted octanol–water partition coefficient (Wildman–Crippen LogP) is 3.23. The molecule has 4 nitrogen and oxygen atoms in total. The molecule has 0 spiro atoms. The Hall–Kier alpha value is -1.07. The van der Waals surface area contributed by atoms with Crippen LogP contribution < -0.4 is 5.32 Å². The Morgan fingerprint density at radius 1 is 1.58 bits per heavy atom. The van der Waals surface area contributed by atoms with E-state index in [1.54, 1.807) is 0 Å². The van der Waals surface area contributed by atoms with E-state index in [2.05, 4.69) is 26.2 Å². The van der Waals surface area contributed by atoms with Gasteiger partial charge in [0.15, 0.2) is 0 Å². The minimum Gasteiger partial charge on any atom is -0.355 e. The van der Waals surface area contributed by atoms with Gasteiger partial charge in [-0.25, -0.2) is 4.98 Å². The number of imidazole rings is 1. The Morgan fingerprint density at radius 2 is 2.32 bits per heavy atom. The number of amides is 1. The van der Waals surface area contributed by atoms with E-state index in [0.717, 1.165) is 15.5 Å². The van der Waals surface area contributed by atoms with Crippen LogP contribution in [0.25, 0.3) is 11.0 Å². The van der Waals surface area contributed by atoms with Gasteiger partial charge in [0.25, 0.3) is 0 Å². The molecule has 1 heterocycles. The van der Waals surface area contributed by atoms with Gasteiger partial charge >= 0.3 is 0 Å². The van der Waals surface area contributed by atoms with Crippen molar-refractivity contribution in [3.8, 4) is 0 Å². The van der Waals surface area contributed by atoms with Gasteiger partial charge in [-0.2, -0.15) is 0 Å². The molecule has 1 amide bonds. The molecule has 2 aromatic rings. The highest BCUT2D eigenvalue weighted by atomic mass is 79.9. The third kappa shape index (κ3) is 2.77. The summed E-state index contributed by atoms with van der Waals surface area (Å²) in [6, 6.07) is 5.47. The van der Waals surface area contributed by atoms with Crippen molar-refractivity contribution < 1.29 is 4.79 Å². The largest absolute Gasteiger partial charge is 0.355 e. The monoisotopic (exact) mass is 343 g/mol. The van der Waals surface area contributed by atoms with Crippen molar-refractivity contribution >= 4 is 44.5 Å². The van der Waals surface area contributed by atoms with Crippen LogP contribution in [0.2, 0.25) is 0 Å². The molecule has 0 saturated heterocycles. The second-order valence-electron chi connectivity index (χ2n) is 4.24. The number of hydrogen-bond acceptors (Lipinski definition) is 2. The molecule has 1 aromatic carbocycles. The molecule has 0 fully saturated rings. The third-order valence-electron chi connectivity index (χ3n) is 2.96. The number of halogens is 2. The molecule has 19 heavy (non-hydrogen) atoms. The fourth-order valence-corrected chi connectivity index (χ4v) is 2.62. The van der Waals surface area contributed by atoms with E-state index in [9.17, 15) is 4.79 Å². The van der Waals surface area contributed by atoms with Crippen molar-refractivity contribution in [2.24, 2.45) is 0 Å².